The van der Waals surface area contributed by atoms with Crippen LogP contribution in [0.1, 0.15) is 10.4 Å². The minimum absolute atomic E-state index is 0.126. The fourth-order valence-corrected chi connectivity index (χ4v) is 1.72. The first kappa shape index (κ1) is 12.0. The Bertz CT molecular complexity index is 344. The van der Waals surface area contributed by atoms with Gasteiger partial charge in [-0.1, -0.05) is 27.5 Å². The van der Waals surface area contributed by atoms with E-state index in [4.69, 9.17) is 11.6 Å². The van der Waals surface area contributed by atoms with Crippen LogP contribution in [0.5, 0.6) is 0 Å². The molecule has 0 atom stereocenters. The number of halogens is 3. The summed E-state index contributed by atoms with van der Waals surface area (Å²) in [5.74, 6) is -0.126. The summed E-state index contributed by atoms with van der Waals surface area (Å²) in [5.41, 5.74) is 0.554. The van der Waals surface area contributed by atoms with Crippen molar-refractivity contribution in [2.24, 2.45) is 0 Å². The van der Waals surface area contributed by atoms with Crippen LogP contribution in [0.2, 0.25) is 5.02 Å². The lowest BCUT2D eigenvalue weighted by atomic mass is 10.2. The van der Waals surface area contributed by atoms with Crippen molar-refractivity contribution in [3.63, 3.8) is 0 Å². The molecule has 0 saturated carbocycles. The molecule has 0 aliphatic heterocycles. The topological polar surface area (TPSA) is 29.1 Å². The van der Waals surface area contributed by atoms with Gasteiger partial charge >= 0.3 is 0 Å². The molecule has 0 spiro atoms. The predicted molar refractivity (Wildman–Crippen MR) is 65.3 cm³/mol. The van der Waals surface area contributed by atoms with E-state index in [0.717, 1.165) is 9.80 Å². The first-order valence-electron chi connectivity index (χ1n) is 3.94. The molecule has 0 aromatic heterocycles. The molecule has 76 valence electrons. The molecule has 0 radical (unpaired) electrons. The zero-order valence-electron chi connectivity index (χ0n) is 7.19. The van der Waals surface area contributed by atoms with Gasteiger partial charge in [-0.25, -0.2) is 0 Å². The Kier molecular flexibility index (Phi) is 4.92. The molecule has 1 rings (SSSR count). The van der Waals surface area contributed by atoms with Crippen LogP contribution in [0, 0.1) is 0 Å². The van der Waals surface area contributed by atoms with E-state index >= 15 is 0 Å². The third-order valence-corrected chi connectivity index (χ3v) is 2.88. The molecule has 1 N–H and O–H groups in total. The second-order valence-electron chi connectivity index (χ2n) is 2.57. The van der Waals surface area contributed by atoms with Crippen LogP contribution in [0.3, 0.4) is 0 Å². The largest absolute Gasteiger partial charge is 0.351 e. The zero-order valence-corrected chi connectivity index (χ0v) is 11.1. The first-order valence-corrected chi connectivity index (χ1v) is 6.23. The fraction of sp³-hybridized carbons (Fsp3) is 0.222. The average molecular weight is 341 g/mol. The molecule has 0 aliphatic rings. The summed E-state index contributed by atoms with van der Waals surface area (Å²) in [7, 11) is 0. The number of hydrogen-bond acceptors (Lipinski definition) is 1. The van der Waals surface area contributed by atoms with Gasteiger partial charge in [-0.3, -0.25) is 4.79 Å². The normalized spacial score (nSPS) is 9.93. The van der Waals surface area contributed by atoms with E-state index in [1.54, 1.807) is 18.2 Å². The van der Waals surface area contributed by atoms with Crippen LogP contribution >= 0.6 is 43.5 Å². The van der Waals surface area contributed by atoms with Gasteiger partial charge in [0.25, 0.3) is 5.91 Å². The lowest BCUT2D eigenvalue weighted by Gasteiger charge is -2.05. The molecule has 0 aliphatic carbocycles. The smallest absolute Gasteiger partial charge is 0.252 e. The van der Waals surface area contributed by atoms with Gasteiger partial charge in [-0.2, -0.15) is 0 Å². The molecule has 1 aromatic carbocycles. The fourth-order valence-electron chi connectivity index (χ4n) is 0.928. The molecule has 2 nitrogen and oxygen atoms in total. The van der Waals surface area contributed by atoms with E-state index in [1.807, 2.05) is 0 Å². The number of hydrogen-bond donors (Lipinski definition) is 1. The van der Waals surface area contributed by atoms with E-state index in [0.29, 0.717) is 17.1 Å². The van der Waals surface area contributed by atoms with Crippen molar-refractivity contribution in [1.82, 2.24) is 5.32 Å². The Hall–Kier alpha value is -0.0600. The van der Waals surface area contributed by atoms with Crippen molar-refractivity contribution in [3.05, 3.63) is 33.3 Å². The van der Waals surface area contributed by atoms with Gasteiger partial charge in [0.2, 0.25) is 0 Å². The molecule has 0 bridgehead atoms. The molecular formula is C9H8Br2ClNO. The SMILES string of the molecule is O=C(NCCBr)c1cc(Cl)ccc1Br. The van der Waals surface area contributed by atoms with Gasteiger partial charge < -0.3 is 5.32 Å². The van der Waals surface area contributed by atoms with E-state index in [-0.39, 0.29) is 5.91 Å². The number of carbonyl (C=O) groups excluding carboxylic acids is 1. The van der Waals surface area contributed by atoms with Crippen molar-refractivity contribution < 1.29 is 4.79 Å². The van der Waals surface area contributed by atoms with Gasteiger partial charge in [0, 0.05) is 21.4 Å². The molecule has 0 fully saturated rings. The quantitative estimate of drug-likeness (QED) is 0.841. The Morgan fingerprint density at radius 1 is 1.50 bits per heavy atom. The van der Waals surface area contributed by atoms with Crippen LogP contribution in [0.15, 0.2) is 22.7 Å². The Morgan fingerprint density at radius 2 is 2.21 bits per heavy atom. The highest BCUT2D eigenvalue weighted by molar-refractivity contribution is 9.10. The number of benzene rings is 1. The molecular weight excluding hydrogens is 333 g/mol. The van der Waals surface area contributed by atoms with Crippen LogP contribution in [-0.2, 0) is 0 Å². The molecule has 0 saturated heterocycles. The number of carbonyl (C=O) groups is 1. The molecule has 5 heteroatoms. The van der Waals surface area contributed by atoms with Gasteiger partial charge in [0.1, 0.15) is 0 Å². The number of nitrogens with one attached hydrogen (secondary N) is 1. The maximum Gasteiger partial charge on any atom is 0.252 e. The third-order valence-electron chi connectivity index (χ3n) is 1.55. The summed E-state index contributed by atoms with van der Waals surface area (Å²) in [6.45, 7) is 0.595. The molecule has 0 heterocycles. The van der Waals surface area contributed by atoms with Gasteiger partial charge in [-0.15, -0.1) is 0 Å². The van der Waals surface area contributed by atoms with Crippen molar-refractivity contribution in [3.8, 4) is 0 Å². The van der Waals surface area contributed by atoms with Crippen LogP contribution < -0.4 is 5.32 Å². The maximum atomic E-state index is 11.6. The summed E-state index contributed by atoms with van der Waals surface area (Å²) >= 11 is 12.3. The first-order chi connectivity index (χ1) is 6.65. The number of alkyl halides is 1. The lowest BCUT2D eigenvalue weighted by Crippen LogP contribution is -2.25. The van der Waals surface area contributed by atoms with E-state index in [9.17, 15) is 4.79 Å². The van der Waals surface area contributed by atoms with Crippen molar-refractivity contribution >= 4 is 49.4 Å². The molecule has 1 amide bonds. The minimum Gasteiger partial charge on any atom is -0.351 e. The highest BCUT2D eigenvalue weighted by atomic mass is 79.9. The molecule has 0 unspecified atom stereocenters. The van der Waals surface area contributed by atoms with E-state index in [2.05, 4.69) is 37.2 Å². The second kappa shape index (κ2) is 5.73. The average Bonchev–Trinajstić information content (AvgIpc) is 2.18. The highest BCUT2D eigenvalue weighted by Crippen LogP contribution is 2.20. The van der Waals surface area contributed by atoms with Crippen LogP contribution in [0.4, 0.5) is 0 Å². The zero-order chi connectivity index (χ0) is 10.6. The van der Waals surface area contributed by atoms with Crippen molar-refractivity contribution in [2.45, 2.75) is 0 Å². The highest BCUT2D eigenvalue weighted by Gasteiger charge is 2.09. The monoisotopic (exact) mass is 339 g/mol. The maximum absolute atomic E-state index is 11.6. The lowest BCUT2D eigenvalue weighted by molar-refractivity contribution is 0.0955. The van der Waals surface area contributed by atoms with Gasteiger partial charge in [-0.05, 0) is 34.1 Å². The molecule has 1 aromatic rings. The Labute approximate surface area is 104 Å². The van der Waals surface area contributed by atoms with Crippen LogP contribution in [0.25, 0.3) is 0 Å². The number of amides is 1. The van der Waals surface area contributed by atoms with Crippen molar-refractivity contribution in [2.75, 3.05) is 11.9 Å². The summed E-state index contributed by atoms with van der Waals surface area (Å²) in [4.78, 5) is 11.6. The van der Waals surface area contributed by atoms with Gasteiger partial charge in [0.15, 0.2) is 0 Å². The van der Waals surface area contributed by atoms with E-state index in [1.165, 1.54) is 0 Å². The second-order valence-corrected chi connectivity index (χ2v) is 4.65. The van der Waals surface area contributed by atoms with Crippen LogP contribution in [-0.4, -0.2) is 17.8 Å². The van der Waals surface area contributed by atoms with Crippen molar-refractivity contribution in [1.29, 1.82) is 0 Å². The molecule has 14 heavy (non-hydrogen) atoms. The Balaban J connectivity index is 2.83. The number of rotatable bonds is 3. The third kappa shape index (κ3) is 3.26. The minimum atomic E-state index is -0.126. The Morgan fingerprint density at radius 3 is 2.86 bits per heavy atom. The predicted octanol–water partition coefficient (Wildman–Crippen LogP) is 3.23. The van der Waals surface area contributed by atoms with E-state index < -0.39 is 0 Å². The summed E-state index contributed by atoms with van der Waals surface area (Å²) in [5, 5.41) is 4.03. The summed E-state index contributed by atoms with van der Waals surface area (Å²) < 4.78 is 0.744. The van der Waals surface area contributed by atoms with Gasteiger partial charge in [0.05, 0.1) is 5.56 Å². The summed E-state index contributed by atoms with van der Waals surface area (Å²) in [6.07, 6.45) is 0. The standard InChI is InChI=1S/C9H8Br2ClNO/c10-3-4-13-9(14)7-5-6(12)1-2-8(7)11/h1-2,5H,3-4H2,(H,13,14). The summed E-state index contributed by atoms with van der Waals surface area (Å²) in [6, 6.07) is 5.12.